The van der Waals surface area contributed by atoms with Crippen LogP contribution >= 0.6 is 0 Å². The highest BCUT2D eigenvalue weighted by molar-refractivity contribution is 4.58. The lowest BCUT2D eigenvalue weighted by atomic mass is 10.0. The maximum atomic E-state index is 9.45. The molecule has 1 heteroatoms. The van der Waals surface area contributed by atoms with E-state index in [9.17, 15) is 5.11 Å². The molecule has 0 aromatic carbocycles. The van der Waals surface area contributed by atoms with Gasteiger partial charge in [-0.3, -0.25) is 0 Å². The van der Waals surface area contributed by atoms with Crippen molar-refractivity contribution in [3.63, 3.8) is 0 Å². The molecule has 0 unspecified atom stereocenters. The van der Waals surface area contributed by atoms with Gasteiger partial charge >= 0.3 is 0 Å². The van der Waals surface area contributed by atoms with E-state index in [-0.39, 0.29) is 6.10 Å². The average Bonchev–Trinajstić information content (AvgIpc) is 1.86. The smallest absolute Gasteiger partial charge is 0.0542 e. The molecule has 0 fully saturated rings. The third-order valence-electron chi connectivity index (χ3n) is 1.88. The SMILES string of the molecule is CCCCC[C@H](O)CC(C)C. The van der Waals surface area contributed by atoms with Gasteiger partial charge in [-0.25, -0.2) is 0 Å². The van der Waals surface area contributed by atoms with Crippen molar-refractivity contribution >= 4 is 0 Å². The topological polar surface area (TPSA) is 20.2 Å². The van der Waals surface area contributed by atoms with E-state index in [0.717, 1.165) is 12.8 Å². The molecule has 11 heavy (non-hydrogen) atoms. The number of rotatable bonds is 6. The summed E-state index contributed by atoms with van der Waals surface area (Å²) in [6.07, 6.45) is 5.59. The van der Waals surface area contributed by atoms with Crippen LogP contribution in [0, 0.1) is 5.92 Å². The van der Waals surface area contributed by atoms with Crippen LogP contribution in [0.25, 0.3) is 0 Å². The lowest BCUT2D eigenvalue weighted by Gasteiger charge is -2.11. The van der Waals surface area contributed by atoms with Crippen molar-refractivity contribution in [2.45, 2.75) is 59.0 Å². The van der Waals surface area contributed by atoms with Crippen LogP contribution in [0.4, 0.5) is 0 Å². The second kappa shape index (κ2) is 6.66. The second-order valence-corrected chi connectivity index (χ2v) is 3.78. The Kier molecular flexibility index (Phi) is 6.63. The van der Waals surface area contributed by atoms with E-state index in [1.165, 1.54) is 19.3 Å². The van der Waals surface area contributed by atoms with Gasteiger partial charge in [0.15, 0.2) is 0 Å². The van der Waals surface area contributed by atoms with Crippen LogP contribution in [0.15, 0.2) is 0 Å². The average molecular weight is 158 g/mol. The maximum Gasteiger partial charge on any atom is 0.0542 e. The molecule has 0 saturated carbocycles. The van der Waals surface area contributed by atoms with Crippen LogP contribution in [0.3, 0.4) is 0 Å². The molecular weight excluding hydrogens is 136 g/mol. The highest BCUT2D eigenvalue weighted by Crippen LogP contribution is 2.11. The van der Waals surface area contributed by atoms with Crippen LogP contribution in [0.1, 0.15) is 52.9 Å². The zero-order valence-electron chi connectivity index (χ0n) is 8.14. The van der Waals surface area contributed by atoms with Gasteiger partial charge in [-0.1, -0.05) is 40.0 Å². The summed E-state index contributed by atoms with van der Waals surface area (Å²) >= 11 is 0. The Morgan fingerprint density at radius 3 is 2.27 bits per heavy atom. The quantitative estimate of drug-likeness (QED) is 0.589. The van der Waals surface area contributed by atoms with Crippen molar-refractivity contribution in [1.82, 2.24) is 0 Å². The van der Waals surface area contributed by atoms with Gasteiger partial charge in [0.1, 0.15) is 0 Å². The molecule has 0 aromatic heterocycles. The Bertz CT molecular complexity index is 78.9. The number of aliphatic hydroxyl groups is 1. The monoisotopic (exact) mass is 158 g/mol. The molecular formula is C10H22O. The van der Waals surface area contributed by atoms with Gasteiger partial charge in [0, 0.05) is 0 Å². The summed E-state index contributed by atoms with van der Waals surface area (Å²) in [6, 6.07) is 0. The zero-order valence-corrected chi connectivity index (χ0v) is 8.14. The number of hydrogen-bond donors (Lipinski definition) is 1. The van der Waals surface area contributed by atoms with Crippen molar-refractivity contribution in [3.8, 4) is 0 Å². The molecule has 0 radical (unpaired) electrons. The Labute approximate surface area is 70.8 Å². The molecule has 1 nitrogen and oxygen atoms in total. The fraction of sp³-hybridized carbons (Fsp3) is 1.00. The summed E-state index contributed by atoms with van der Waals surface area (Å²) < 4.78 is 0. The molecule has 0 aliphatic rings. The van der Waals surface area contributed by atoms with Crippen molar-refractivity contribution in [3.05, 3.63) is 0 Å². The Morgan fingerprint density at radius 2 is 1.82 bits per heavy atom. The van der Waals surface area contributed by atoms with Crippen molar-refractivity contribution in [2.24, 2.45) is 5.92 Å². The van der Waals surface area contributed by atoms with E-state index in [4.69, 9.17) is 0 Å². The first-order chi connectivity index (χ1) is 5.16. The third-order valence-corrected chi connectivity index (χ3v) is 1.88. The highest BCUT2D eigenvalue weighted by Gasteiger charge is 2.05. The number of unbranched alkanes of at least 4 members (excludes halogenated alkanes) is 2. The molecule has 0 bridgehead atoms. The Morgan fingerprint density at radius 1 is 1.18 bits per heavy atom. The van der Waals surface area contributed by atoms with Gasteiger partial charge in [-0.05, 0) is 18.8 Å². The van der Waals surface area contributed by atoms with Crippen LogP contribution in [-0.2, 0) is 0 Å². The lowest BCUT2D eigenvalue weighted by molar-refractivity contribution is 0.136. The normalized spacial score (nSPS) is 13.9. The molecule has 0 spiro atoms. The van der Waals surface area contributed by atoms with Crippen LogP contribution in [-0.4, -0.2) is 11.2 Å². The summed E-state index contributed by atoms with van der Waals surface area (Å²) in [5.41, 5.74) is 0. The molecule has 1 atom stereocenters. The van der Waals surface area contributed by atoms with Crippen molar-refractivity contribution in [2.75, 3.05) is 0 Å². The van der Waals surface area contributed by atoms with Crippen molar-refractivity contribution in [1.29, 1.82) is 0 Å². The predicted octanol–water partition coefficient (Wildman–Crippen LogP) is 2.97. The van der Waals surface area contributed by atoms with E-state index in [1.807, 2.05) is 0 Å². The fourth-order valence-corrected chi connectivity index (χ4v) is 1.29. The van der Waals surface area contributed by atoms with Crippen LogP contribution in [0.5, 0.6) is 0 Å². The minimum absolute atomic E-state index is 0.0541. The zero-order chi connectivity index (χ0) is 8.69. The molecule has 0 aliphatic carbocycles. The summed E-state index contributed by atoms with van der Waals surface area (Å²) in [6.45, 7) is 6.50. The summed E-state index contributed by atoms with van der Waals surface area (Å²) in [5, 5.41) is 9.45. The minimum Gasteiger partial charge on any atom is -0.393 e. The van der Waals surface area contributed by atoms with Gasteiger partial charge < -0.3 is 5.11 Å². The van der Waals surface area contributed by atoms with Gasteiger partial charge in [0.2, 0.25) is 0 Å². The molecule has 0 aliphatic heterocycles. The maximum absolute atomic E-state index is 9.45. The van der Waals surface area contributed by atoms with E-state index in [2.05, 4.69) is 20.8 Å². The van der Waals surface area contributed by atoms with E-state index < -0.39 is 0 Å². The first kappa shape index (κ1) is 11.0. The number of aliphatic hydroxyl groups excluding tert-OH is 1. The van der Waals surface area contributed by atoms with Crippen LogP contribution in [0.2, 0.25) is 0 Å². The van der Waals surface area contributed by atoms with Gasteiger partial charge in [-0.2, -0.15) is 0 Å². The van der Waals surface area contributed by atoms with E-state index in [1.54, 1.807) is 0 Å². The second-order valence-electron chi connectivity index (χ2n) is 3.78. The lowest BCUT2D eigenvalue weighted by Crippen LogP contribution is -2.09. The molecule has 1 N–H and O–H groups in total. The van der Waals surface area contributed by atoms with Gasteiger partial charge in [0.05, 0.1) is 6.10 Å². The molecule has 0 amide bonds. The minimum atomic E-state index is -0.0541. The molecule has 0 heterocycles. The molecule has 0 saturated heterocycles. The van der Waals surface area contributed by atoms with E-state index >= 15 is 0 Å². The molecule has 0 aromatic rings. The summed E-state index contributed by atoms with van der Waals surface area (Å²) in [4.78, 5) is 0. The first-order valence-electron chi connectivity index (χ1n) is 4.84. The van der Waals surface area contributed by atoms with Crippen LogP contribution < -0.4 is 0 Å². The van der Waals surface area contributed by atoms with Gasteiger partial charge in [-0.15, -0.1) is 0 Å². The fourth-order valence-electron chi connectivity index (χ4n) is 1.29. The Balaban J connectivity index is 3.15. The molecule has 0 rings (SSSR count). The highest BCUT2D eigenvalue weighted by atomic mass is 16.3. The van der Waals surface area contributed by atoms with Gasteiger partial charge in [0.25, 0.3) is 0 Å². The van der Waals surface area contributed by atoms with Crippen molar-refractivity contribution < 1.29 is 5.11 Å². The summed E-state index contributed by atoms with van der Waals surface area (Å²) in [7, 11) is 0. The summed E-state index contributed by atoms with van der Waals surface area (Å²) in [5.74, 6) is 0.631. The number of hydrogen-bond acceptors (Lipinski definition) is 1. The third kappa shape index (κ3) is 7.86. The predicted molar refractivity (Wildman–Crippen MR) is 49.6 cm³/mol. The van der Waals surface area contributed by atoms with E-state index in [0.29, 0.717) is 5.92 Å². The Hall–Kier alpha value is -0.0400. The largest absolute Gasteiger partial charge is 0.393 e. The standard InChI is InChI=1S/C10H22O/c1-4-5-6-7-10(11)8-9(2)3/h9-11H,4-8H2,1-3H3/t10-/m0/s1. The first-order valence-corrected chi connectivity index (χ1v) is 4.84. The molecule has 68 valence electrons.